The van der Waals surface area contributed by atoms with Crippen molar-refractivity contribution in [3.8, 4) is 16.9 Å². The second-order valence-electron chi connectivity index (χ2n) is 9.06. The number of carbonyl (C=O) groups excluding carboxylic acids is 1. The predicted octanol–water partition coefficient (Wildman–Crippen LogP) is 0.394. The third kappa shape index (κ3) is 3.72. The molecule has 1 saturated heterocycles. The maximum Gasteiger partial charge on any atom is 1.00 e. The molecule has 6 heteroatoms. The number of rotatable bonds is 4. The first-order valence-corrected chi connectivity index (χ1v) is 10.6. The van der Waals surface area contributed by atoms with E-state index in [0.717, 1.165) is 47.6 Å². The summed E-state index contributed by atoms with van der Waals surface area (Å²) in [5, 5.41) is 14.7. The molecule has 152 valence electrons. The quantitative estimate of drug-likeness (QED) is 0.734. The minimum absolute atomic E-state index is 0. The maximum atomic E-state index is 11.0. The minimum atomic E-state index is -0.956. The molecule has 2 aliphatic heterocycles. The van der Waals surface area contributed by atoms with Gasteiger partial charge >= 0.3 is 29.6 Å². The van der Waals surface area contributed by atoms with Crippen LogP contribution >= 0.6 is 0 Å². The van der Waals surface area contributed by atoms with Gasteiger partial charge in [0.25, 0.3) is 0 Å². The van der Waals surface area contributed by atoms with Crippen LogP contribution < -0.4 is 49.6 Å². The van der Waals surface area contributed by atoms with Gasteiger partial charge in [-0.1, -0.05) is 26.0 Å². The summed E-state index contributed by atoms with van der Waals surface area (Å²) in [5.74, 6) is 0.0413. The second-order valence-corrected chi connectivity index (χ2v) is 9.06. The molecule has 30 heavy (non-hydrogen) atoms. The molecular formula is C24H27N2NaO3. The fourth-order valence-electron chi connectivity index (χ4n) is 4.54. The first kappa shape index (κ1) is 21.5. The van der Waals surface area contributed by atoms with Crippen LogP contribution in [0.1, 0.15) is 44.6 Å². The van der Waals surface area contributed by atoms with E-state index < -0.39 is 5.97 Å². The van der Waals surface area contributed by atoms with Gasteiger partial charge in [-0.25, -0.2) is 0 Å². The van der Waals surface area contributed by atoms with Gasteiger partial charge in [0.2, 0.25) is 0 Å². The molecule has 0 bridgehead atoms. The molecule has 1 spiro atoms. The maximum absolute atomic E-state index is 11.0. The Morgan fingerprint density at radius 3 is 2.63 bits per heavy atom. The number of hydrogen-bond donors (Lipinski definition) is 1. The van der Waals surface area contributed by atoms with Crippen LogP contribution in [-0.2, 0) is 4.79 Å². The van der Waals surface area contributed by atoms with Crippen molar-refractivity contribution in [3.05, 3.63) is 42.0 Å². The van der Waals surface area contributed by atoms with E-state index >= 15 is 0 Å². The van der Waals surface area contributed by atoms with Crippen molar-refractivity contribution in [2.45, 2.75) is 44.6 Å². The Kier molecular flexibility index (Phi) is 5.82. The molecule has 1 aliphatic carbocycles. The van der Waals surface area contributed by atoms with Gasteiger partial charge in [0, 0.05) is 36.2 Å². The molecule has 2 aromatic carbocycles. The summed E-state index contributed by atoms with van der Waals surface area (Å²) < 4.78 is 6.51. The Balaban J connectivity index is 0.00000218. The van der Waals surface area contributed by atoms with E-state index in [0.29, 0.717) is 19.0 Å². The SMILES string of the molecule is CC(C)c1cc2c(c(-c3cccc(N4CC(C(=O)[O-])C4)c3)c1)NCC1(CCC1)O2.[Na+]. The molecule has 0 radical (unpaired) electrons. The van der Waals surface area contributed by atoms with Gasteiger partial charge in [0.15, 0.2) is 0 Å². The molecule has 2 fully saturated rings. The summed E-state index contributed by atoms with van der Waals surface area (Å²) in [6.07, 6.45) is 3.47. The minimum Gasteiger partial charge on any atom is -0.550 e. The number of carboxylic acid groups (broad SMARTS) is 1. The smallest absolute Gasteiger partial charge is 0.550 e. The Morgan fingerprint density at radius 1 is 1.23 bits per heavy atom. The number of anilines is 2. The van der Waals surface area contributed by atoms with Crippen molar-refractivity contribution in [1.29, 1.82) is 0 Å². The van der Waals surface area contributed by atoms with E-state index in [1.54, 1.807) is 0 Å². The molecule has 2 aromatic rings. The predicted molar refractivity (Wildman–Crippen MR) is 112 cm³/mol. The number of benzene rings is 2. The summed E-state index contributed by atoms with van der Waals surface area (Å²) in [6, 6.07) is 12.8. The molecule has 1 saturated carbocycles. The van der Waals surface area contributed by atoms with Crippen LogP contribution in [0.15, 0.2) is 36.4 Å². The van der Waals surface area contributed by atoms with Crippen LogP contribution in [0.3, 0.4) is 0 Å². The van der Waals surface area contributed by atoms with Crippen molar-refractivity contribution in [2.75, 3.05) is 29.9 Å². The first-order valence-electron chi connectivity index (χ1n) is 10.6. The number of nitrogens with one attached hydrogen (secondary N) is 1. The number of hydrogen-bond acceptors (Lipinski definition) is 5. The zero-order chi connectivity index (χ0) is 20.2. The zero-order valence-electron chi connectivity index (χ0n) is 18.0. The largest absolute Gasteiger partial charge is 1.00 e. The Hall–Kier alpha value is -1.69. The van der Waals surface area contributed by atoms with Crippen LogP contribution in [0.4, 0.5) is 11.4 Å². The zero-order valence-corrected chi connectivity index (χ0v) is 20.0. The van der Waals surface area contributed by atoms with Crippen LogP contribution in [0.5, 0.6) is 5.75 Å². The van der Waals surface area contributed by atoms with Gasteiger partial charge < -0.3 is 24.9 Å². The summed E-state index contributed by atoms with van der Waals surface area (Å²) in [6.45, 7) is 6.29. The number of ether oxygens (including phenoxy) is 1. The van der Waals surface area contributed by atoms with Crippen molar-refractivity contribution >= 4 is 17.3 Å². The third-order valence-corrected chi connectivity index (χ3v) is 6.71. The topological polar surface area (TPSA) is 64.6 Å². The van der Waals surface area contributed by atoms with Crippen LogP contribution in [-0.4, -0.2) is 31.2 Å². The number of fused-ring (bicyclic) bond motifs is 1. The summed E-state index contributed by atoms with van der Waals surface area (Å²) in [7, 11) is 0. The van der Waals surface area contributed by atoms with Gasteiger partial charge in [0.1, 0.15) is 11.4 Å². The summed E-state index contributed by atoms with van der Waals surface area (Å²) in [4.78, 5) is 13.1. The number of nitrogens with zero attached hydrogens (tertiary/aromatic N) is 1. The second kappa shape index (κ2) is 8.10. The first-order chi connectivity index (χ1) is 13.9. The molecule has 0 aromatic heterocycles. The fourth-order valence-corrected chi connectivity index (χ4v) is 4.54. The van der Waals surface area contributed by atoms with E-state index in [9.17, 15) is 9.90 Å². The monoisotopic (exact) mass is 414 g/mol. The molecule has 0 amide bonds. The van der Waals surface area contributed by atoms with Gasteiger partial charge in [-0.2, -0.15) is 0 Å². The van der Waals surface area contributed by atoms with E-state index in [1.807, 2.05) is 12.1 Å². The van der Waals surface area contributed by atoms with Crippen LogP contribution in [0.2, 0.25) is 0 Å². The summed E-state index contributed by atoms with van der Waals surface area (Å²) >= 11 is 0. The number of aliphatic carboxylic acids is 1. The Bertz CT molecular complexity index is 965. The van der Waals surface area contributed by atoms with Crippen LogP contribution in [0.25, 0.3) is 11.1 Å². The average molecular weight is 414 g/mol. The Morgan fingerprint density at radius 2 is 2.00 bits per heavy atom. The Labute approximate surface area is 200 Å². The van der Waals surface area contributed by atoms with E-state index in [-0.39, 0.29) is 41.1 Å². The number of carboxylic acids is 1. The van der Waals surface area contributed by atoms with Crippen LogP contribution in [0, 0.1) is 5.92 Å². The van der Waals surface area contributed by atoms with E-state index in [4.69, 9.17) is 4.74 Å². The molecule has 0 atom stereocenters. The van der Waals surface area contributed by atoms with Crippen molar-refractivity contribution in [2.24, 2.45) is 5.92 Å². The molecule has 0 unspecified atom stereocenters. The van der Waals surface area contributed by atoms with Crippen molar-refractivity contribution in [1.82, 2.24) is 0 Å². The van der Waals surface area contributed by atoms with Gasteiger partial charge in [-0.15, -0.1) is 0 Å². The normalized spacial score (nSPS) is 19.1. The molecule has 5 nitrogen and oxygen atoms in total. The van der Waals surface area contributed by atoms with Crippen molar-refractivity contribution in [3.63, 3.8) is 0 Å². The van der Waals surface area contributed by atoms with E-state index in [1.165, 1.54) is 12.0 Å². The van der Waals surface area contributed by atoms with Gasteiger partial charge in [-0.3, -0.25) is 0 Å². The average Bonchev–Trinajstić information content (AvgIpc) is 2.64. The molecular weight excluding hydrogens is 387 g/mol. The molecule has 3 aliphatic rings. The fraction of sp³-hybridized carbons (Fsp3) is 0.458. The third-order valence-electron chi connectivity index (χ3n) is 6.71. The van der Waals surface area contributed by atoms with E-state index in [2.05, 4.69) is 48.3 Å². The van der Waals surface area contributed by atoms with Gasteiger partial charge in [-0.05, 0) is 60.6 Å². The van der Waals surface area contributed by atoms with Crippen molar-refractivity contribution < 1.29 is 44.2 Å². The number of carbonyl (C=O) groups is 1. The molecule has 1 N–H and O–H groups in total. The standard InChI is InChI=1S/C24H28N2O3.Na/c1-15(2)17-10-20(22-21(11-17)29-24(14-25-22)7-4-8-24)16-5-3-6-19(9-16)26-12-18(13-26)23(27)28;/h3,5-6,9-11,15,18,25H,4,7-8,12-14H2,1-2H3,(H,27,28);/q;+1/p-1. The summed E-state index contributed by atoms with van der Waals surface area (Å²) in [5.41, 5.74) is 5.64. The van der Waals surface area contributed by atoms with Gasteiger partial charge in [0.05, 0.1) is 12.2 Å². The molecule has 2 heterocycles. The molecule has 5 rings (SSSR count).